The van der Waals surface area contributed by atoms with Crippen molar-refractivity contribution in [2.75, 3.05) is 13.6 Å². The predicted octanol–water partition coefficient (Wildman–Crippen LogP) is 1.26. The summed E-state index contributed by atoms with van der Waals surface area (Å²) in [4.78, 5) is 21.9. The van der Waals surface area contributed by atoms with E-state index in [0.29, 0.717) is 0 Å². The maximum absolute atomic E-state index is 11.8. The first-order chi connectivity index (χ1) is 6.72. The second kappa shape index (κ2) is 5.57. The number of alkyl halides is 3. The van der Waals surface area contributed by atoms with Crippen LogP contribution in [0.15, 0.2) is 0 Å². The molecule has 0 aliphatic carbocycles. The average Bonchev–Trinajstić information content (AvgIpc) is 1.99. The minimum Gasteiger partial charge on any atom is -0.481 e. The van der Waals surface area contributed by atoms with Crippen molar-refractivity contribution < 1.29 is 27.9 Å². The number of amides is 1. The van der Waals surface area contributed by atoms with Crippen LogP contribution in [0, 0.1) is 0 Å². The Balaban J connectivity index is 3.85. The number of carbonyl (C=O) groups is 2. The molecular formula is C8H12F3NO3. The molecule has 0 saturated carbocycles. The predicted molar refractivity (Wildman–Crippen MR) is 45.2 cm³/mol. The van der Waals surface area contributed by atoms with E-state index >= 15 is 0 Å². The Kier molecular flexibility index (Phi) is 5.10. The summed E-state index contributed by atoms with van der Waals surface area (Å²) in [7, 11) is 1.22. The van der Waals surface area contributed by atoms with Gasteiger partial charge in [0.25, 0.3) is 0 Å². The van der Waals surface area contributed by atoms with Crippen molar-refractivity contribution in [1.29, 1.82) is 0 Å². The zero-order valence-electron chi connectivity index (χ0n) is 8.17. The van der Waals surface area contributed by atoms with Crippen molar-refractivity contribution in [2.45, 2.75) is 25.4 Å². The maximum atomic E-state index is 11.8. The zero-order chi connectivity index (χ0) is 12.1. The molecule has 88 valence electrons. The van der Waals surface area contributed by atoms with E-state index in [-0.39, 0.29) is 19.4 Å². The van der Waals surface area contributed by atoms with E-state index < -0.39 is 24.5 Å². The van der Waals surface area contributed by atoms with Crippen molar-refractivity contribution in [3.05, 3.63) is 0 Å². The van der Waals surface area contributed by atoms with Crippen LogP contribution in [-0.4, -0.2) is 41.7 Å². The Morgan fingerprint density at radius 1 is 1.33 bits per heavy atom. The lowest BCUT2D eigenvalue weighted by Crippen LogP contribution is -2.31. The summed E-state index contributed by atoms with van der Waals surface area (Å²) in [5.41, 5.74) is 0. The molecule has 0 saturated heterocycles. The second-order valence-electron chi connectivity index (χ2n) is 3.10. The Labute approximate surface area is 84.7 Å². The van der Waals surface area contributed by atoms with Crippen LogP contribution in [0.4, 0.5) is 13.2 Å². The number of carboxylic acids is 1. The molecule has 0 aromatic carbocycles. The molecule has 0 bridgehead atoms. The van der Waals surface area contributed by atoms with E-state index in [9.17, 15) is 22.8 Å². The summed E-state index contributed by atoms with van der Waals surface area (Å²) in [5.74, 6) is -2.08. The molecule has 4 nitrogen and oxygen atoms in total. The van der Waals surface area contributed by atoms with Crippen LogP contribution in [0.3, 0.4) is 0 Å². The fourth-order valence-electron chi connectivity index (χ4n) is 0.899. The largest absolute Gasteiger partial charge is 0.481 e. The molecule has 0 aromatic heterocycles. The molecule has 0 atom stereocenters. The van der Waals surface area contributed by atoms with Crippen molar-refractivity contribution in [3.63, 3.8) is 0 Å². The minimum absolute atomic E-state index is 0.0151. The summed E-state index contributed by atoms with van der Waals surface area (Å²) >= 11 is 0. The molecule has 1 amide bonds. The van der Waals surface area contributed by atoms with Gasteiger partial charge in [-0.3, -0.25) is 9.59 Å². The zero-order valence-corrected chi connectivity index (χ0v) is 8.17. The van der Waals surface area contributed by atoms with Crippen LogP contribution < -0.4 is 0 Å². The maximum Gasteiger partial charge on any atom is 0.397 e. The van der Waals surface area contributed by atoms with Gasteiger partial charge in [0.15, 0.2) is 0 Å². The van der Waals surface area contributed by atoms with Gasteiger partial charge >= 0.3 is 12.1 Å². The van der Waals surface area contributed by atoms with E-state index in [1.807, 2.05) is 0 Å². The number of halogens is 3. The van der Waals surface area contributed by atoms with Crippen LogP contribution in [0.2, 0.25) is 0 Å². The van der Waals surface area contributed by atoms with Crippen LogP contribution in [0.25, 0.3) is 0 Å². The summed E-state index contributed by atoms with van der Waals surface area (Å²) in [5, 5.41) is 8.27. The van der Waals surface area contributed by atoms with E-state index in [4.69, 9.17) is 5.11 Å². The fraction of sp³-hybridized carbons (Fsp3) is 0.750. The number of rotatable bonds is 5. The second-order valence-corrected chi connectivity index (χ2v) is 3.10. The molecular weight excluding hydrogens is 215 g/mol. The van der Waals surface area contributed by atoms with Crippen molar-refractivity contribution >= 4 is 11.9 Å². The Bertz CT molecular complexity index is 240. The topological polar surface area (TPSA) is 57.6 Å². The summed E-state index contributed by atoms with van der Waals surface area (Å²) in [6, 6.07) is 0. The molecule has 0 aromatic rings. The highest BCUT2D eigenvalue weighted by Gasteiger charge is 2.32. The van der Waals surface area contributed by atoms with E-state index in [1.54, 1.807) is 0 Å². The quantitative estimate of drug-likeness (QED) is 0.769. The third-order valence-electron chi connectivity index (χ3n) is 1.66. The highest BCUT2D eigenvalue weighted by atomic mass is 19.4. The molecule has 0 aliphatic heterocycles. The highest BCUT2D eigenvalue weighted by Crippen LogP contribution is 2.20. The van der Waals surface area contributed by atoms with Gasteiger partial charge in [-0.15, -0.1) is 0 Å². The normalized spacial score (nSPS) is 11.2. The van der Waals surface area contributed by atoms with Gasteiger partial charge in [-0.1, -0.05) is 0 Å². The number of nitrogens with zero attached hydrogens (tertiary/aromatic N) is 1. The molecule has 0 spiro atoms. The number of hydrogen-bond acceptors (Lipinski definition) is 2. The van der Waals surface area contributed by atoms with Gasteiger partial charge in [-0.2, -0.15) is 13.2 Å². The monoisotopic (exact) mass is 227 g/mol. The lowest BCUT2D eigenvalue weighted by Gasteiger charge is -2.17. The fourth-order valence-corrected chi connectivity index (χ4v) is 0.899. The minimum atomic E-state index is -4.52. The molecule has 7 heteroatoms. The Morgan fingerprint density at radius 2 is 1.87 bits per heavy atom. The van der Waals surface area contributed by atoms with Crippen molar-refractivity contribution in [2.24, 2.45) is 0 Å². The highest BCUT2D eigenvalue weighted by molar-refractivity contribution is 5.76. The van der Waals surface area contributed by atoms with Crippen LogP contribution in [0.1, 0.15) is 19.3 Å². The van der Waals surface area contributed by atoms with Crippen LogP contribution in [-0.2, 0) is 9.59 Å². The average molecular weight is 227 g/mol. The molecule has 0 fully saturated rings. The smallest absolute Gasteiger partial charge is 0.397 e. The molecule has 0 heterocycles. The van der Waals surface area contributed by atoms with Crippen molar-refractivity contribution in [1.82, 2.24) is 4.90 Å². The third-order valence-corrected chi connectivity index (χ3v) is 1.66. The van der Waals surface area contributed by atoms with Gasteiger partial charge in [0.05, 0.1) is 0 Å². The van der Waals surface area contributed by atoms with E-state index in [0.717, 1.165) is 4.90 Å². The SMILES string of the molecule is CN(CCCC(=O)O)C(=O)CC(F)(F)F. The molecule has 0 unspecified atom stereocenters. The van der Waals surface area contributed by atoms with Crippen molar-refractivity contribution in [3.8, 4) is 0 Å². The first-order valence-electron chi connectivity index (χ1n) is 4.25. The first kappa shape index (κ1) is 13.7. The lowest BCUT2D eigenvalue weighted by atomic mass is 10.3. The lowest BCUT2D eigenvalue weighted by molar-refractivity contribution is -0.160. The molecule has 0 radical (unpaired) electrons. The first-order valence-corrected chi connectivity index (χ1v) is 4.25. The van der Waals surface area contributed by atoms with Gasteiger partial charge in [-0.25, -0.2) is 0 Å². The molecule has 15 heavy (non-hydrogen) atoms. The number of hydrogen-bond donors (Lipinski definition) is 1. The number of aliphatic carboxylic acids is 1. The van der Waals surface area contributed by atoms with Gasteiger partial charge in [0.2, 0.25) is 5.91 Å². The van der Waals surface area contributed by atoms with Crippen LogP contribution >= 0.6 is 0 Å². The molecule has 0 rings (SSSR count). The van der Waals surface area contributed by atoms with Gasteiger partial charge in [0.1, 0.15) is 6.42 Å². The Morgan fingerprint density at radius 3 is 2.27 bits per heavy atom. The summed E-state index contributed by atoms with van der Waals surface area (Å²) in [6.45, 7) is 0.0151. The summed E-state index contributed by atoms with van der Waals surface area (Å²) in [6.07, 6.45) is -6.03. The number of carbonyl (C=O) groups excluding carboxylic acids is 1. The summed E-state index contributed by atoms with van der Waals surface area (Å²) < 4.78 is 35.3. The molecule has 0 aliphatic rings. The van der Waals surface area contributed by atoms with Crippen LogP contribution in [0.5, 0.6) is 0 Å². The number of carboxylic acid groups (broad SMARTS) is 1. The van der Waals surface area contributed by atoms with Gasteiger partial charge in [0, 0.05) is 20.0 Å². The van der Waals surface area contributed by atoms with Gasteiger partial charge < -0.3 is 10.0 Å². The van der Waals surface area contributed by atoms with E-state index in [1.165, 1.54) is 7.05 Å². The van der Waals surface area contributed by atoms with E-state index in [2.05, 4.69) is 0 Å². The third kappa shape index (κ3) is 7.77. The standard InChI is InChI=1S/C8H12F3NO3/c1-12(4-2-3-7(14)15)6(13)5-8(9,10)11/h2-5H2,1H3,(H,14,15). The molecule has 1 N–H and O–H groups in total. The van der Waals surface area contributed by atoms with Gasteiger partial charge in [-0.05, 0) is 6.42 Å². The Hall–Kier alpha value is -1.27.